The smallest absolute Gasteiger partial charge is 0.254 e. The first-order valence-corrected chi connectivity index (χ1v) is 9.43. The second kappa shape index (κ2) is 9.22. The molecule has 1 aliphatic rings. The lowest BCUT2D eigenvalue weighted by Gasteiger charge is -2.36. The Labute approximate surface area is 158 Å². The summed E-state index contributed by atoms with van der Waals surface area (Å²) in [6.07, 6.45) is 2.06. The fraction of sp³-hybridized carbons (Fsp3) is 0.316. The number of rotatable bonds is 4. The molecular formula is C19H22ClFN2OS. The number of nitrogens with zero attached hydrogens (tertiary/aromatic N) is 1. The Balaban J connectivity index is 0.00000225. The van der Waals surface area contributed by atoms with Crippen molar-refractivity contribution in [2.45, 2.75) is 11.8 Å². The number of thioether (sulfide) groups is 1. The number of hydrogen-bond donors (Lipinski definition) is 1. The number of nitrogens with one attached hydrogen (secondary N) is 1. The Bertz CT molecular complexity index is 711. The van der Waals surface area contributed by atoms with Gasteiger partial charge in [-0.3, -0.25) is 4.79 Å². The van der Waals surface area contributed by atoms with Crippen LogP contribution < -0.4 is 5.32 Å². The molecule has 0 bridgehead atoms. The number of amides is 1. The topological polar surface area (TPSA) is 32.3 Å². The summed E-state index contributed by atoms with van der Waals surface area (Å²) in [5.41, 5.74) is 2.72. The average Bonchev–Trinajstić information content (AvgIpc) is 2.62. The fourth-order valence-electron chi connectivity index (χ4n) is 3.04. The van der Waals surface area contributed by atoms with Gasteiger partial charge in [-0.2, -0.15) is 11.8 Å². The van der Waals surface area contributed by atoms with E-state index in [2.05, 4.69) is 11.6 Å². The van der Waals surface area contributed by atoms with E-state index in [1.54, 1.807) is 17.8 Å². The largest absolute Gasteiger partial charge is 0.329 e. The van der Waals surface area contributed by atoms with E-state index >= 15 is 0 Å². The van der Waals surface area contributed by atoms with Gasteiger partial charge in [0.15, 0.2) is 0 Å². The molecule has 1 heterocycles. The highest BCUT2D eigenvalue weighted by Gasteiger charge is 2.28. The number of hydrogen-bond acceptors (Lipinski definition) is 3. The molecule has 0 aliphatic carbocycles. The lowest BCUT2D eigenvalue weighted by Crippen LogP contribution is -2.48. The average molecular weight is 381 g/mol. The Hall–Kier alpha value is -1.56. The van der Waals surface area contributed by atoms with E-state index in [4.69, 9.17) is 0 Å². The van der Waals surface area contributed by atoms with Crippen molar-refractivity contribution >= 4 is 30.1 Å². The molecule has 0 aromatic heterocycles. The van der Waals surface area contributed by atoms with E-state index in [1.807, 2.05) is 35.2 Å². The van der Waals surface area contributed by atoms with E-state index in [0.717, 1.165) is 17.9 Å². The number of carbonyl (C=O) groups excluding carboxylic acids is 1. The van der Waals surface area contributed by atoms with E-state index in [-0.39, 0.29) is 30.2 Å². The maximum Gasteiger partial charge on any atom is 0.254 e. The molecule has 1 N–H and O–H groups in total. The molecule has 25 heavy (non-hydrogen) atoms. The number of halogens is 2. The third-order valence-corrected chi connectivity index (χ3v) is 4.87. The van der Waals surface area contributed by atoms with E-state index in [0.29, 0.717) is 18.7 Å². The van der Waals surface area contributed by atoms with Gasteiger partial charge in [0.25, 0.3) is 5.91 Å². The van der Waals surface area contributed by atoms with Gasteiger partial charge < -0.3 is 10.2 Å². The monoisotopic (exact) mass is 380 g/mol. The van der Waals surface area contributed by atoms with Crippen LogP contribution in [0.5, 0.6) is 0 Å². The maximum atomic E-state index is 13.6. The fourth-order valence-corrected chi connectivity index (χ4v) is 3.56. The second-order valence-electron chi connectivity index (χ2n) is 5.90. The molecule has 1 aliphatic heterocycles. The van der Waals surface area contributed by atoms with Gasteiger partial charge >= 0.3 is 0 Å². The predicted octanol–water partition coefficient (Wildman–Crippen LogP) is 3.90. The molecule has 134 valence electrons. The molecule has 1 atom stereocenters. The summed E-state index contributed by atoms with van der Waals surface area (Å²) >= 11 is 1.76. The first kappa shape index (κ1) is 19.8. The normalized spacial score (nSPS) is 17.0. The van der Waals surface area contributed by atoms with Crippen LogP contribution in [-0.2, 0) is 5.75 Å². The van der Waals surface area contributed by atoms with Crippen LogP contribution in [0.1, 0.15) is 27.5 Å². The molecular weight excluding hydrogens is 359 g/mol. The summed E-state index contributed by atoms with van der Waals surface area (Å²) in [7, 11) is 0. The molecule has 1 unspecified atom stereocenters. The van der Waals surface area contributed by atoms with Crippen molar-refractivity contribution in [2.24, 2.45) is 0 Å². The van der Waals surface area contributed by atoms with Crippen LogP contribution in [0.2, 0.25) is 0 Å². The van der Waals surface area contributed by atoms with Crippen LogP contribution in [0.15, 0.2) is 48.5 Å². The van der Waals surface area contributed by atoms with Crippen molar-refractivity contribution in [3.8, 4) is 0 Å². The highest BCUT2D eigenvalue weighted by molar-refractivity contribution is 7.97. The third kappa shape index (κ3) is 4.75. The SMILES string of the molecule is CSCc1ccc(C(=O)N2CCNCC2c2cccc(F)c2)cc1.Cl. The number of benzene rings is 2. The second-order valence-corrected chi connectivity index (χ2v) is 6.77. The van der Waals surface area contributed by atoms with Crippen LogP contribution in [0, 0.1) is 5.82 Å². The van der Waals surface area contributed by atoms with Crippen molar-refractivity contribution in [3.63, 3.8) is 0 Å². The summed E-state index contributed by atoms with van der Waals surface area (Å²) in [4.78, 5) is 14.8. The van der Waals surface area contributed by atoms with Crippen molar-refractivity contribution in [1.29, 1.82) is 0 Å². The molecule has 1 amide bonds. The van der Waals surface area contributed by atoms with Crippen LogP contribution >= 0.6 is 24.2 Å². The molecule has 0 radical (unpaired) electrons. The lowest BCUT2D eigenvalue weighted by molar-refractivity contribution is 0.0634. The van der Waals surface area contributed by atoms with Gasteiger partial charge in [-0.25, -0.2) is 4.39 Å². The Morgan fingerprint density at radius 2 is 2.04 bits per heavy atom. The van der Waals surface area contributed by atoms with Crippen LogP contribution in [0.4, 0.5) is 4.39 Å². The summed E-state index contributed by atoms with van der Waals surface area (Å²) in [5.74, 6) is 0.668. The van der Waals surface area contributed by atoms with Crippen molar-refractivity contribution in [2.75, 3.05) is 25.9 Å². The molecule has 1 saturated heterocycles. The van der Waals surface area contributed by atoms with Gasteiger partial charge in [-0.15, -0.1) is 12.4 Å². The molecule has 2 aromatic rings. The first-order chi connectivity index (χ1) is 11.7. The van der Waals surface area contributed by atoms with Gasteiger partial charge in [0.1, 0.15) is 5.82 Å². The molecule has 0 spiro atoms. The number of carbonyl (C=O) groups is 1. The maximum absolute atomic E-state index is 13.6. The van der Waals surface area contributed by atoms with E-state index in [1.165, 1.54) is 17.7 Å². The summed E-state index contributed by atoms with van der Waals surface area (Å²) < 4.78 is 13.6. The van der Waals surface area contributed by atoms with Crippen molar-refractivity contribution in [3.05, 3.63) is 71.0 Å². The summed E-state index contributed by atoms with van der Waals surface area (Å²) in [6.45, 7) is 2.01. The van der Waals surface area contributed by atoms with Crippen LogP contribution in [0.25, 0.3) is 0 Å². The first-order valence-electron chi connectivity index (χ1n) is 8.04. The zero-order chi connectivity index (χ0) is 16.9. The van der Waals surface area contributed by atoms with E-state index < -0.39 is 0 Å². The van der Waals surface area contributed by atoms with Crippen LogP contribution in [-0.4, -0.2) is 36.7 Å². The zero-order valence-corrected chi connectivity index (χ0v) is 15.7. The summed E-state index contributed by atoms with van der Waals surface area (Å²) in [5, 5.41) is 3.30. The van der Waals surface area contributed by atoms with E-state index in [9.17, 15) is 9.18 Å². The molecule has 6 heteroatoms. The standard InChI is InChI=1S/C19H21FN2OS.ClH/c1-24-13-14-5-7-15(8-6-14)19(23)22-10-9-21-12-18(22)16-3-2-4-17(20)11-16;/h2-8,11,18,21H,9-10,12-13H2,1H3;1H. The molecule has 3 nitrogen and oxygen atoms in total. The van der Waals surface area contributed by atoms with Crippen LogP contribution in [0.3, 0.4) is 0 Å². The van der Waals surface area contributed by atoms with Gasteiger partial charge in [0.05, 0.1) is 6.04 Å². The van der Waals surface area contributed by atoms with Crippen molar-refractivity contribution in [1.82, 2.24) is 10.2 Å². The minimum atomic E-state index is -0.271. The third-order valence-electron chi connectivity index (χ3n) is 4.25. The Morgan fingerprint density at radius 1 is 1.28 bits per heavy atom. The highest BCUT2D eigenvalue weighted by Crippen LogP contribution is 2.25. The van der Waals surface area contributed by atoms with Gasteiger partial charge in [0.2, 0.25) is 0 Å². The van der Waals surface area contributed by atoms with Crippen molar-refractivity contribution < 1.29 is 9.18 Å². The molecule has 2 aromatic carbocycles. The lowest BCUT2D eigenvalue weighted by atomic mass is 10.0. The van der Waals surface area contributed by atoms with Gasteiger partial charge in [0, 0.05) is 31.0 Å². The van der Waals surface area contributed by atoms with Gasteiger partial charge in [-0.05, 0) is 41.6 Å². The highest BCUT2D eigenvalue weighted by atomic mass is 35.5. The minimum Gasteiger partial charge on any atom is -0.329 e. The predicted molar refractivity (Wildman–Crippen MR) is 104 cm³/mol. The molecule has 0 saturated carbocycles. The molecule has 3 rings (SSSR count). The minimum absolute atomic E-state index is 0. The Morgan fingerprint density at radius 3 is 2.72 bits per heavy atom. The van der Waals surface area contributed by atoms with Gasteiger partial charge in [-0.1, -0.05) is 24.3 Å². The number of piperazine rings is 1. The molecule has 1 fully saturated rings. The Kier molecular flexibility index (Phi) is 7.29. The zero-order valence-electron chi connectivity index (χ0n) is 14.1. The summed E-state index contributed by atoms with van der Waals surface area (Å²) in [6, 6.07) is 14.1. The quantitative estimate of drug-likeness (QED) is 0.873.